The smallest absolute Gasteiger partial charge is 0.414 e. The zero-order chi connectivity index (χ0) is 22.9. The van der Waals surface area contributed by atoms with Gasteiger partial charge in [0.05, 0.1) is 31.6 Å². The van der Waals surface area contributed by atoms with Gasteiger partial charge in [0.15, 0.2) is 0 Å². The van der Waals surface area contributed by atoms with Gasteiger partial charge in [-0.25, -0.2) is 4.79 Å². The second-order valence-electron chi connectivity index (χ2n) is 9.29. The number of nitrogens with zero attached hydrogens (tertiary/aromatic N) is 4. The molecule has 8 heteroatoms. The summed E-state index contributed by atoms with van der Waals surface area (Å²) in [7, 11) is 1.41. The Balaban J connectivity index is 1.47. The molecule has 2 aromatic rings. The van der Waals surface area contributed by atoms with E-state index in [-0.39, 0.29) is 18.0 Å². The predicted molar refractivity (Wildman–Crippen MR) is 125 cm³/mol. The molecule has 0 bridgehead atoms. The Kier molecular flexibility index (Phi) is 6.00. The molecule has 1 aliphatic carbocycles. The number of amides is 2. The van der Waals surface area contributed by atoms with E-state index in [1.54, 1.807) is 4.90 Å². The Labute approximate surface area is 194 Å². The molecule has 2 fully saturated rings. The normalized spacial score (nSPS) is 20.5. The van der Waals surface area contributed by atoms with Crippen molar-refractivity contribution in [2.45, 2.75) is 64.0 Å². The molecule has 5 rings (SSSR count). The molecule has 3 heterocycles. The molecule has 0 N–H and O–H groups in total. The monoisotopic (exact) mass is 452 g/mol. The molecule has 1 atom stereocenters. The first-order valence-electron chi connectivity index (χ1n) is 12.0. The minimum Gasteiger partial charge on any atom is -0.491 e. The van der Waals surface area contributed by atoms with E-state index in [9.17, 15) is 9.59 Å². The molecule has 2 amide bonds. The first-order valence-corrected chi connectivity index (χ1v) is 12.0. The summed E-state index contributed by atoms with van der Waals surface area (Å²) in [5.41, 5.74) is 3.84. The van der Waals surface area contributed by atoms with Crippen LogP contribution in [0.5, 0.6) is 5.75 Å². The number of anilines is 1. The third-order valence-corrected chi connectivity index (χ3v) is 6.98. The summed E-state index contributed by atoms with van der Waals surface area (Å²) in [5.74, 6) is 0.990. The van der Waals surface area contributed by atoms with E-state index in [4.69, 9.17) is 9.47 Å². The highest BCUT2D eigenvalue weighted by Gasteiger charge is 2.33. The second kappa shape index (κ2) is 9.08. The first-order chi connectivity index (χ1) is 16.1. The molecule has 1 aromatic carbocycles. The minimum absolute atomic E-state index is 0.0484. The number of methoxy groups -OCH3 is 1. The maximum Gasteiger partial charge on any atom is 0.414 e. The highest BCUT2D eigenvalue weighted by molar-refractivity contribution is 5.92. The van der Waals surface area contributed by atoms with Crippen LogP contribution in [0.3, 0.4) is 0 Å². The Morgan fingerprint density at radius 3 is 2.79 bits per heavy atom. The van der Waals surface area contributed by atoms with Gasteiger partial charge < -0.3 is 14.4 Å². The van der Waals surface area contributed by atoms with Gasteiger partial charge in [0.25, 0.3) is 0 Å². The van der Waals surface area contributed by atoms with Crippen molar-refractivity contribution >= 4 is 17.7 Å². The van der Waals surface area contributed by atoms with Crippen LogP contribution in [-0.4, -0.2) is 59.5 Å². The number of piperidine rings is 1. The minimum atomic E-state index is -0.359. The van der Waals surface area contributed by atoms with E-state index in [1.165, 1.54) is 20.0 Å². The van der Waals surface area contributed by atoms with Gasteiger partial charge in [-0.05, 0) is 57.6 Å². The lowest BCUT2D eigenvalue weighted by molar-refractivity contribution is -0.133. The lowest BCUT2D eigenvalue weighted by atomic mass is 9.92. The van der Waals surface area contributed by atoms with Gasteiger partial charge in [0, 0.05) is 41.9 Å². The number of rotatable bonds is 6. The average Bonchev–Trinajstić information content (AvgIpc) is 3.56. The fraction of sp³-hybridized carbons (Fsp3) is 0.560. The van der Waals surface area contributed by atoms with Crippen LogP contribution >= 0.6 is 0 Å². The Bertz CT molecular complexity index is 1050. The molecule has 2 aliphatic heterocycles. The van der Waals surface area contributed by atoms with Crippen molar-refractivity contribution < 1.29 is 19.1 Å². The van der Waals surface area contributed by atoms with Crippen LogP contribution in [0, 0.1) is 0 Å². The van der Waals surface area contributed by atoms with Gasteiger partial charge in [-0.2, -0.15) is 5.10 Å². The lowest BCUT2D eigenvalue weighted by Gasteiger charge is -2.35. The molecular formula is C25H32N4O4. The van der Waals surface area contributed by atoms with Crippen molar-refractivity contribution in [1.82, 2.24) is 14.7 Å². The summed E-state index contributed by atoms with van der Waals surface area (Å²) < 4.78 is 13.5. The molecule has 3 aliphatic rings. The molecule has 0 spiro atoms. The van der Waals surface area contributed by atoms with Crippen molar-refractivity contribution in [3.8, 4) is 16.9 Å². The van der Waals surface area contributed by atoms with Gasteiger partial charge in [-0.15, -0.1) is 0 Å². The van der Waals surface area contributed by atoms with Crippen molar-refractivity contribution in [2.24, 2.45) is 0 Å². The zero-order valence-corrected chi connectivity index (χ0v) is 19.5. The van der Waals surface area contributed by atoms with E-state index in [0.29, 0.717) is 25.6 Å². The van der Waals surface area contributed by atoms with Crippen LogP contribution in [0.1, 0.15) is 57.1 Å². The van der Waals surface area contributed by atoms with Crippen molar-refractivity contribution in [3.05, 3.63) is 30.1 Å². The summed E-state index contributed by atoms with van der Waals surface area (Å²) >= 11 is 0. The molecule has 1 saturated heterocycles. The molecule has 0 unspecified atom stereocenters. The highest BCUT2D eigenvalue weighted by Crippen LogP contribution is 2.44. The Morgan fingerprint density at radius 2 is 2.03 bits per heavy atom. The summed E-state index contributed by atoms with van der Waals surface area (Å²) in [4.78, 5) is 28.4. The number of carbonyl (C=O) groups excluding carboxylic acids is 2. The van der Waals surface area contributed by atoms with Gasteiger partial charge in [-0.1, -0.05) is 0 Å². The molecule has 33 heavy (non-hydrogen) atoms. The molecular weight excluding hydrogens is 420 g/mol. The number of likely N-dealkylation sites (tertiary alicyclic amines) is 1. The van der Waals surface area contributed by atoms with E-state index in [2.05, 4.69) is 11.3 Å². The first kappa shape index (κ1) is 21.8. The molecule has 8 nitrogen and oxygen atoms in total. The topological polar surface area (TPSA) is 76.9 Å². The summed E-state index contributed by atoms with van der Waals surface area (Å²) in [6, 6.07) is 4.56. The summed E-state index contributed by atoms with van der Waals surface area (Å²) in [5, 5.41) is 4.56. The van der Waals surface area contributed by atoms with Crippen LogP contribution in [0.25, 0.3) is 11.1 Å². The third kappa shape index (κ3) is 4.30. The summed E-state index contributed by atoms with van der Waals surface area (Å²) in [6.45, 7) is 3.82. The highest BCUT2D eigenvalue weighted by atomic mass is 16.5. The van der Waals surface area contributed by atoms with Crippen LogP contribution in [0.4, 0.5) is 10.5 Å². The van der Waals surface area contributed by atoms with E-state index in [1.807, 2.05) is 34.8 Å². The summed E-state index contributed by atoms with van der Waals surface area (Å²) in [6.07, 6.45) is 10.2. The number of ether oxygens (including phenoxy) is 2. The van der Waals surface area contributed by atoms with Crippen LogP contribution in [0.2, 0.25) is 0 Å². The van der Waals surface area contributed by atoms with Crippen molar-refractivity contribution in [1.29, 1.82) is 0 Å². The maximum atomic E-state index is 12.6. The standard InChI is InChI=1S/C25H32N4O4/c1-17-6-9-21-22(29(17)25(31)32-2)11-10-20(18-15-26-28(16-18)19-7-8-19)24(21)33-14-13-27-12-4-3-5-23(27)30/h10-11,15-17,19H,3-9,12-14H2,1-2H3/t17-/m0/s1. The molecule has 0 radical (unpaired) electrons. The molecule has 1 saturated carbocycles. The third-order valence-electron chi connectivity index (χ3n) is 6.98. The Morgan fingerprint density at radius 1 is 1.18 bits per heavy atom. The largest absolute Gasteiger partial charge is 0.491 e. The van der Waals surface area contributed by atoms with Gasteiger partial charge in [0.1, 0.15) is 12.4 Å². The fourth-order valence-corrected chi connectivity index (χ4v) is 4.95. The second-order valence-corrected chi connectivity index (χ2v) is 9.29. The average molecular weight is 453 g/mol. The van der Waals surface area contributed by atoms with E-state index in [0.717, 1.165) is 60.4 Å². The molecule has 176 valence electrons. The maximum absolute atomic E-state index is 12.6. The van der Waals surface area contributed by atoms with Crippen LogP contribution < -0.4 is 9.64 Å². The number of aromatic nitrogens is 2. The van der Waals surface area contributed by atoms with E-state index >= 15 is 0 Å². The zero-order valence-electron chi connectivity index (χ0n) is 19.5. The van der Waals surface area contributed by atoms with Gasteiger partial charge >= 0.3 is 6.09 Å². The van der Waals surface area contributed by atoms with Crippen LogP contribution in [0.15, 0.2) is 24.5 Å². The van der Waals surface area contributed by atoms with E-state index < -0.39 is 0 Å². The van der Waals surface area contributed by atoms with Gasteiger partial charge in [0.2, 0.25) is 5.91 Å². The SMILES string of the molecule is COC(=O)N1c2ccc(-c3cnn(C4CC4)c3)c(OCCN3CCCCC3=O)c2CC[C@@H]1C. The number of benzene rings is 1. The molecule has 1 aromatic heterocycles. The lowest BCUT2D eigenvalue weighted by Crippen LogP contribution is -2.42. The number of hydrogen-bond donors (Lipinski definition) is 0. The quantitative estimate of drug-likeness (QED) is 0.657. The number of fused-ring (bicyclic) bond motifs is 1. The van der Waals surface area contributed by atoms with Crippen molar-refractivity contribution in [2.75, 3.05) is 31.7 Å². The fourth-order valence-electron chi connectivity index (χ4n) is 4.95. The number of hydrogen-bond acceptors (Lipinski definition) is 5. The van der Waals surface area contributed by atoms with Crippen molar-refractivity contribution in [3.63, 3.8) is 0 Å². The van der Waals surface area contributed by atoms with Gasteiger partial charge in [-0.3, -0.25) is 14.4 Å². The Hall–Kier alpha value is -3.03. The van der Waals surface area contributed by atoms with Crippen LogP contribution in [-0.2, 0) is 16.0 Å². The number of carbonyl (C=O) groups is 2. The predicted octanol–water partition coefficient (Wildman–Crippen LogP) is 4.18.